The number of rotatable bonds is 0. The van der Waals surface area contributed by atoms with Crippen molar-refractivity contribution in [2.24, 2.45) is 0 Å². The van der Waals surface area contributed by atoms with Crippen LogP contribution in [0.2, 0.25) is 0 Å². The number of hydrogen-bond donors (Lipinski definition) is 0. The van der Waals surface area contributed by atoms with Gasteiger partial charge in [-0.2, -0.15) is 0 Å². The van der Waals surface area contributed by atoms with Gasteiger partial charge in [0.1, 0.15) is 13.2 Å². The van der Waals surface area contributed by atoms with Crippen molar-refractivity contribution in [2.75, 3.05) is 13.2 Å². The van der Waals surface area contributed by atoms with Gasteiger partial charge in [-0.05, 0) is 19.3 Å². The van der Waals surface area contributed by atoms with Crippen LogP contribution < -0.4 is 0 Å². The van der Waals surface area contributed by atoms with Crippen LogP contribution in [0.1, 0.15) is 19.3 Å². The molecule has 53 valence electrons. The standard InChI is InChI=1S/C5H10O3P.K/c6-9-7-4-2-1-3-5-8-9;/h1-5H2;/q+1;. The first-order valence-corrected chi connectivity index (χ1v) is 4.22. The van der Waals surface area contributed by atoms with E-state index in [1.807, 2.05) is 0 Å². The molecule has 1 aliphatic rings. The van der Waals surface area contributed by atoms with Crippen molar-refractivity contribution < 1.29 is 13.6 Å². The molecule has 1 heterocycles. The van der Waals surface area contributed by atoms with E-state index in [1.165, 1.54) is 0 Å². The molecule has 0 aromatic rings. The molecule has 0 spiro atoms. The topological polar surface area (TPSA) is 35.5 Å². The second-order valence-corrected chi connectivity index (χ2v) is 2.91. The molecule has 1 aliphatic heterocycles. The molecule has 1 radical (unpaired) electrons. The maximum absolute atomic E-state index is 10.5. The van der Waals surface area contributed by atoms with Gasteiger partial charge < -0.3 is 0 Å². The van der Waals surface area contributed by atoms with Crippen LogP contribution in [-0.2, 0) is 13.6 Å². The van der Waals surface area contributed by atoms with E-state index in [-0.39, 0.29) is 51.4 Å². The van der Waals surface area contributed by atoms with Gasteiger partial charge >= 0.3 is 8.25 Å². The van der Waals surface area contributed by atoms with Crippen LogP contribution in [0.15, 0.2) is 0 Å². The number of hydrogen-bond acceptors (Lipinski definition) is 3. The van der Waals surface area contributed by atoms with E-state index in [2.05, 4.69) is 0 Å². The predicted octanol–water partition coefficient (Wildman–Crippen LogP) is 1.48. The third-order valence-corrected chi connectivity index (χ3v) is 1.97. The van der Waals surface area contributed by atoms with Gasteiger partial charge in [0.25, 0.3) is 0 Å². The first-order chi connectivity index (χ1) is 4.39. The SMILES string of the molecule is O=[P+]1OCCCCCO1.[K]. The maximum Gasteiger partial charge on any atom is 0.697 e. The van der Waals surface area contributed by atoms with Crippen LogP contribution in [0, 0.1) is 0 Å². The Balaban J connectivity index is 0.000000810. The van der Waals surface area contributed by atoms with Crippen molar-refractivity contribution in [3.8, 4) is 0 Å². The van der Waals surface area contributed by atoms with Crippen LogP contribution in [0.4, 0.5) is 0 Å². The molecule has 0 aromatic carbocycles. The predicted molar refractivity (Wildman–Crippen MR) is 39.1 cm³/mol. The zero-order chi connectivity index (χ0) is 6.53. The van der Waals surface area contributed by atoms with Crippen LogP contribution in [0.3, 0.4) is 0 Å². The Labute approximate surface area is 104 Å². The average molecular weight is 188 g/mol. The third kappa shape index (κ3) is 5.33. The summed E-state index contributed by atoms with van der Waals surface area (Å²) in [6.45, 7) is 1.16. The van der Waals surface area contributed by atoms with Gasteiger partial charge in [0.2, 0.25) is 0 Å². The second kappa shape index (κ2) is 7.31. The maximum atomic E-state index is 10.5. The Morgan fingerprint density at radius 3 is 2.00 bits per heavy atom. The largest absolute Gasteiger partial charge is 0.697 e. The van der Waals surface area contributed by atoms with E-state index >= 15 is 0 Å². The molecule has 0 saturated carbocycles. The fourth-order valence-electron chi connectivity index (χ4n) is 0.696. The van der Waals surface area contributed by atoms with Crippen LogP contribution >= 0.6 is 8.25 Å². The second-order valence-electron chi connectivity index (χ2n) is 1.95. The molecule has 0 aliphatic carbocycles. The van der Waals surface area contributed by atoms with E-state index in [4.69, 9.17) is 9.05 Å². The summed E-state index contributed by atoms with van der Waals surface area (Å²) in [5, 5.41) is 0. The molecule has 1 fully saturated rings. The summed E-state index contributed by atoms with van der Waals surface area (Å²) in [5.74, 6) is 0. The molecule has 3 nitrogen and oxygen atoms in total. The molecule has 1 rings (SSSR count). The Morgan fingerprint density at radius 2 is 1.50 bits per heavy atom. The van der Waals surface area contributed by atoms with E-state index in [0.717, 1.165) is 19.3 Å². The van der Waals surface area contributed by atoms with E-state index in [1.54, 1.807) is 0 Å². The van der Waals surface area contributed by atoms with Crippen molar-refractivity contribution in [1.29, 1.82) is 0 Å². The summed E-state index contributed by atoms with van der Waals surface area (Å²) >= 11 is 0. The summed E-state index contributed by atoms with van der Waals surface area (Å²) in [5.41, 5.74) is 0. The fraction of sp³-hybridized carbons (Fsp3) is 1.00. The minimum absolute atomic E-state index is 0. The molecular weight excluding hydrogens is 178 g/mol. The van der Waals surface area contributed by atoms with Crippen LogP contribution in [-0.4, -0.2) is 64.6 Å². The first-order valence-electron chi connectivity index (χ1n) is 3.13. The van der Waals surface area contributed by atoms with Crippen LogP contribution in [0.25, 0.3) is 0 Å². The smallest absolute Gasteiger partial charge is 0.119 e. The molecule has 5 heteroatoms. The van der Waals surface area contributed by atoms with Gasteiger partial charge in [-0.3, -0.25) is 0 Å². The van der Waals surface area contributed by atoms with Crippen molar-refractivity contribution in [3.63, 3.8) is 0 Å². The Morgan fingerprint density at radius 1 is 1.00 bits per heavy atom. The quantitative estimate of drug-likeness (QED) is 0.426. The molecule has 0 bridgehead atoms. The molecule has 0 atom stereocenters. The zero-order valence-corrected chi connectivity index (χ0v) is 10.2. The normalized spacial score (nSPS) is 20.6. The summed E-state index contributed by atoms with van der Waals surface area (Å²) in [7, 11) is -1.79. The van der Waals surface area contributed by atoms with Crippen molar-refractivity contribution >= 4 is 59.6 Å². The fourth-order valence-corrected chi connectivity index (χ4v) is 1.33. The van der Waals surface area contributed by atoms with Gasteiger partial charge in [0.15, 0.2) is 0 Å². The van der Waals surface area contributed by atoms with E-state index < -0.39 is 8.25 Å². The van der Waals surface area contributed by atoms with E-state index in [9.17, 15) is 4.57 Å². The molecule has 0 amide bonds. The molecule has 1 saturated heterocycles. The molecule has 0 unspecified atom stereocenters. The summed E-state index contributed by atoms with van der Waals surface area (Å²) in [6.07, 6.45) is 3.12. The van der Waals surface area contributed by atoms with Crippen molar-refractivity contribution in [3.05, 3.63) is 0 Å². The summed E-state index contributed by atoms with van der Waals surface area (Å²) < 4.78 is 20.1. The summed E-state index contributed by atoms with van der Waals surface area (Å²) in [6, 6.07) is 0. The van der Waals surface area contributed by atoms with E-state index in [0.29, 0.717) is 13.2 Å². The van der Waals surface area contributed by atoms with Crippen LogP contribution in [0.5, 0.6) is 0 Å². The first kappa shape index (κ1) is 11.7. The van der Waals surface area contributed by atoms with Gasteiger partial charge in [-0.25, -0.2) is 0 Å². The molecule has 10 heavy (non-hydrogen) atoms. The molecule has 0 aromatic heterocycles. The minimum atomic E-state index is -1.79. The van der Waals surface area contributed by atoms with Gasteiger partial charge in [0, 0.05) is 55.9 Å². The third-order valence-electron chi connectivity index (χ3n) is 1.18. The van der Waals surface area contributed by atoms with Gasteiger partial charge in [-0.1, -0.05) is 0 Å². The monoisotopic (exact) mass is 188 g/mol. The zero-order valence-electron chi connectivity index (χ0n) is 6.21. The Hall–Kier alpha value is 1.66. The van der Waals surface area contributed by atoms with Crippen molar-refractivity contribution in [2.45, 2.75) is 19.3 Å². The van der Waals surface area contributed by atoms with Gasteiger partial charge in [0.05, 0.1) is 0 Å². The van der Waals surface area contributed by atoms with Crippen molar-refractivity contribution in [1.82, 2.24) is 0 Å². The Bertz CT molecular complexity index is 99.1. The summed E-state index contributed by atoms with van der Waals surface area (Å²) in [4.78, 5) is 0. The van der Waals surface area contributed by atoms with Gasteiger partial charge in [-0.15, -0.1) is 9.05 Å². The Kier molecular flexibility index (Phi) is 8.52. The average Bonchev–Trinajstić information content (AvgIpc) is 1.79. The minimum Gasteiger partial charge on any atom is -0.119 e. The molecular formula is C5H10KO3P+. The molecule has 0 N–H and O–H groups in total.